The Kier molecular flexibility index (Phi) is 4.38. The van der Waals surface area contributed by atoms with Gasteiger partial charge in [0.1, 0.15) is 5.75 Å². The van der Waals surface area contributed by atoms with Crippen LogP contribution in [0.4, 0.5) is 0 Å². The molecule has 0 unspecified atom stereocenters. The summed E-state index contributed by atoms with van der Waals surface area (Å²) in [5.41, 5.74) is 0.471. The van der Waals surface area contributed by atoms with Crippen molar-refractivity contribution in [2.24, 2.45) is 5.92 Å². The molecule has 0 radical (unpaired) electrons. The van der Waals surface area contributed by atoms with Crippen molar-refractivity contribution in [3.8, 4) is 5.75 Å². The highest BCUT2D eigenvalue weighted by Gasteiger charge is 2.27. The molecule has 1 heterocycles. The van der Waals surface area contributed by atoms with E-state index >= 15 is 0 Å². The zero-order valence-corrected chi connectivity index (χ0v) is 11.7. The minimum atomic E-state index is -0.687. The third kappa shape index (κ3) is 2.91. The summed E-state index contributed by atoms with van der Waals surface area (Å²) in [4.78, 5) is 2.23. The van der Waals surface area contributed by atoms with Gasteiger partial charge < -0.3 is 15.1 Å². The van der Waals surface area contributed by atoms with E-state index in [1.807, 2.05) is 0 Å². The van der Waals surface area contributed by atoms with Crippen molar-refractivity contribution < 1.29 is 10.2 Å². The number of phenols is 1. The molecular weight excluding hydrogens is 273 g/mol. The molecule has 0 amide bonds. The number of aliphatic hydroxyl groups excluding tert-OH is 1. The van der Waals surface area contributed by atoms with E-state index in [2.05, 4.69) is 11.9 Å². The van der Waals surface area contributed by atoms with Crippen LogP contribution in [-0.2, 0) is 0 Å². The third-order valence-corrected chi connectivity index (χ3v) is 4.32. The molecule has 2 rings (SSSR count). The molecule has 1 atom stereocenters. The Hall–Kier alpha value is -0.480. The molecule has 1 aliphatic heterocycles. The van der Waals surface area contributed by atoms with E-state index < -0.39 is 6.10 Å². The Labute approximate surface area is 117 Å². The molecule has 18 heavy (non-hydrogen) atoms. The summed E-state index contributed by atoms with van der Waals surface area (Å²) in [6.07, 6.45) is 1.14. The van der Waals surface area contributed by atoms with Gasteiger partial charge in [-0.25, -0.2) is 0 Å². The maximum Gasteiger partial charge on any atom is 0.122 e. The fourth-order valence-corrected chi connectivity index (χ4v) is 2.72. The van der Waals surface area contributed by atoms with Gasteiger partial charge in [0.25, 0.3) is 0 Å². The van der Waals surface area contributed by atoms with E-state index in [0.717, 1.165) is 25.9 Å². The SMILES string of the molecule is CN1CCC([C@@H](O)c2cc(Cl)c(Cl)cc2O)CC1. The Balaban J connectivity index is 2.18. The van der Waals surface area contributed by atoms with Crippen molar-refractivity contribution in [1.29, 1.82) is 0 Å². The van der Waals surface area contributed by atoms with Gasteiger partial charge in [0, 0.05) is 11.6 Å². The first-order valence-electron chi connectivity index (χ1n) is 6.03. The number of aliphatic hydroxyl groups is 1. The Morgan fingerprint density at radius 2 is 1.78 bits per heavy atom. The number of hydrogen-bond donors (Lipinski definition) is 2. The Morgan fingerprint density at radius 1 is 1.22 bits per heavy atom. The fourth-order valence-electron chi connectivity index (χ4n) is 2.39. The summed E-state index contributed by atoms with van der Waals surface area (Å²) >= 11 is 11.7. The summed E-state index contributed by atoms with van der Waals surface area (Å²) < 4.78 is 0. The lowest BCUT2D eigenvalue weighted by molar-refractivity contribution is 0.0640. The summed E-state index contributed by atoms with van der Waals surface area (Å²) in [6.45, 7) is 1.92. The van der Waals surface area contributed by atoms with Gasteiger partial charge >= 0.3 is 0 Å². The van der Waals surface area contributed by atoms with Crippen LogP contribution in [0.2, 0.25) is 10.0 Å². The molecule has 1 aromatic rings. The number of phenolic OH excluding ortho intramolecular Hbond substituents is 1. The van der Waals surface area contributed by atoms with Crippen molar-refractivity contribution >= 4 is 23.2 Å². The predicted octanol–water partition coefficient (Wildman–Crippen LogP) is 3.07. The van der Waals surface area contributed by atoms with Crippen molar-refractivity contribution in [2.45, 2.75) is 18.9 Å². The summed E-state index contributed by atoms with van der Waals surface area (Å²) in [7, 11) is 2.07. The van der Waals surface area contributed by atoms with Crippen LogP contribution >= 0.6 is 23.2 Å². The number of benzene rings is 1. The smallest absolute Gasteiger partial charge is 0.122 e. The maximum absolute atomic E-state index is 10.3. The lowest BCUT2D eigenvalue weighted by Crippen LogP contribution is -2.32. The average Bonchev–Trinajstić information content (AvgIpc) is 2.34. The van der Waals surface area contributed by atoms with Crippen LogP contribution in [0.25, 0.3) is 0 Å². The van der Waals surface area contributed by atoms with Crippen LogP contribution in [0, 0.1) is 5.92 Å². The van der Waals surface area contributed by atoms with Crippen molar-refractivity contribution in [2.75, 3.05) is 20.1 Å². The Bertz CT molecular complexity index is 431. The molecule has 0 aromatic heterocycles. The normalized spacial score (nSPS) is 20.0. The number of hydrogen-bond acceptors (Lipinski definition) is 3. The standard InChI is InChI=1S/C13H17Cl2NO2/c1-16-4-2-8(3-5-16)13(18)9-6-10(14)11(15)7-12(9)17/h6-8,13,17-18H,2-5H2,1H3/t13-/m1/s1. The minimum Gasteiger partial charge on any atom is -0.508 e. The van der Waals surface area contributed by atoms with Crippen molar-refractivity contribution in [3.05, 3.63) is 27.7 Å². The number of piperidine rings is 1. The highest BCUT2D eigenvalue weighted by atomic mass is 35.5. The summed E-state index contributed by atoms with van der Waals surface area (Å²) in [5, 5.41) is 20.9. The van der Waals surface area contributed by atoms with Gasteiger partial charge in [0.05, 0.1) is 16.1 Å². The zero-order chi connectivity index (χ0) is 13.3. The summed E-state index contributed by atoms with van der Waals surface area (Å²) in [6, 6.07) is 2.94. The highest BCUT2D eigenvalue weighted by Crippen LogP contribution is 2.38. The van der Waals surface area contributed by atoms with Crippen LogP contribution in [0.1, 0.15) is 24.5 Å². The number of aromatic hydroxyl groups is 1. The molecule has 0 saturated carbocycles. The molecule has 0 aliphatic carbocycles. The molecule has 0 spiro atoms. The van der Waals surface area contributed by atoms with Crippen LogP contribution in [0.3, 0.4) is 0 Å². The zero-order valence-electron chi connectivity index (χ0n) is 10.2. The first-order chi connectivity index (χ1) is 8.49. The molecule has 1 aliphatic rings. The predicted molar refractivity (Wildman–Crippen MR) is 73.3 cm³/mol. The quantitative estimate of drug-likeness (QED) is 0.879. The lowest BCUT2D eigenvalue weighted by atomic mass is 9.87. The van der Waals surface area contributed by atoms with Gasteiger partial charge in [-0.05, 0) is 45.0 Å². The largest absolute Gasteiger partial charge is 0.508 e. The topological polar surface area (TPSA) is 43.7 Å². The van der Waals surface area contributed by atoms with Crippen LogP contribution in [0.5, 0.6) is 5.75 Å². The molecule has 100 valence electrons. The van der Waals surface area contributed by atoms with E-state index in [1.54, 1.807) is 6.07 Å². The fraction of sp³-hybridized carbons (Fsp3) is 0.538. The monoisotopic (exact) mass is 289 g/mol. The first-order valence-corrected chi connectivity index (χ1v) is 6.79. The van der Waals surface area contributed by atoms with E-state index in [4.69, 9.17) is 23.2 Å². The van der Waals surface area contributed by atoms with Gasteiger partial charge in [0.2, 0.25) is 0 Å². The van der Waals surface area contributed by atoms with Crippen molar-refractivity contribution in [3.63, 3.8) is 0 Å². The second kappa shape index (κ2) is 5.66. The highest BCUT2D eigenvalue weighted by molar-refractivity contribution is 6.42. The third-order valence-electron chi connectivity index (χ3n) is 3.60. The molecular formula is C13H17Cl2NO2. The molecule has 5 heteroatoms. The first kappa shape index (κ1) is 13.9. The second-order valence-corrected chi connectivity index (χ2v) is 5.73. The Morgan fingerprint density at radius 3 is 2.39 bits per heavy atom. The van der Waals surface area contributed by atoms with Crippen LogP contribution in [0.15, 0.2) is 12.1 Å². The van der Waals surface area contributed by atoms with Gasteiger partial charge in [-0.2, -0.15) is 0 Å². The van der Waals surface area contributed by atoms with E-state index in [0.29, 0.717) is 15.6 Å². The van der Waals surface area contributed by atoms with Crippen LogP contribution < -0.4 is 0 Å². The van der Waals surface area contributed by atoms with Gasteiger partial charge in [0.15, 0.2) is 0 Å². The number of likely N-dealkylation sites (tertiary alicyclic amines) is 1. The summed E-state index contributed by atoms with van der Waals surface area (Å²) in [5.74, 6) is 0.167. The minimum absolute atomic E-state index is 0.0100. The maximum atomic E-state index is 10.3. The van der Waals surface area contributed by atoms with Gasteiger partial charge in [-0.15, -0.1) is 0 Å². The average molecular weight is 290 g/mol. The second-order valence-electron chi connectivity index (χ2n) is 4.91. The van der Waals surface area contributed by atoms with Gasteiger partial charge in [-0.1, -0.05) is 23.2 Å². The molecule has 1 aromatic carbocycles. The number of halogens is 2. The molecule has 1 fully saturated rings. The number of nitrogens with zero attached hydrogens (tertiary/aromatic N) is 1. The van der Waals surface area contributed by atoms with E-state index in [1.165, 1.54) is 6.07 Å². The molecule has 2 N–H and O–H groups in total. The lowest BCUT2D eigenvalue weighted by Gasteiger charge is -2.32. The van der Waals surface area contributed by atoms with E-state index in [-0.39, 0.29) is 11.7 Å². The van der Waals surface area contributed by atoms with Crippen LogP contribution in [-0.4, -0.2) is 35.3 Å². The van der Waals surface area contributed by atoms with Crippen molar-refractivity contribution in [1.82, 2.24) is 4.90 Å². The van der Waals surface area contributed by atoms with Gasteiger partial charge in [-0.3, -0.25) is 0 Å². The number of rotatable bonds is 2. The molecule has 0 bridgehead atoms. The molecule has 3 nitrogen and oxygen atoms in total. The van der Waals surface area contributed by atoms with E-state index in [9.17, 15) is 10.2 Å². The molecule has 1 saturated heterocycles.